The number of fused-ring (bicyclic) bond motifs is 1. The number of anilines is 1. The number of amides is 1. The lowest BCUT2D eigenvalue weighted by atomic mass is 10.2. The molecule has 10 nitrogen and oxygen atoms in total. The van der Waals surface area contributed by atoms with E-state index in [2.05, 4.69) is 0 Å². The summed E-state index contributed by atoms with van der Waals surface area (Å²) in [5.41, 5.74) is -0.512. The predicted octanol–water partition coefficient (Wildman–Crippen LogP) is 3.13. The highest BCUT2D eigenvalue weighted by molar-refractivity contribution is 5.95. The average Bonchev–Trinajstić information content (AvgIpc) is 3.05. The number of halogens is 2. The number of carbonyl (C=O) groups excluding carboxylic acids is 2. The van der Waals surface area contributed by atoms with E-state index in [1.54, 1.807) is 0 Å². The normalized spacial score (nSPS) is 11.8. The molecule has 0 aliphatic carbocycles. The van der Waals surface area contributed by atoms with Crippen molar-refractivity contribution < 1.29 is 32.4 Å². The zero-order valence-electron chi connectivity index (χ0n) is 16.7. The van der Waals surface area contributed by atoms with Gasteiger partial charge in [0.25, 0.3) is 11.6 Å². The summed E-state index contributed by atoms with van der Waals surface area (Å²) in [6.45, 7) is 1.30. The summed E-state index contributed by atoms with van der Waals surface area (Å²) in [5.74, 6) is -4.37. The van der Waals surface area contributed by atoms with Crippen molar-refractivity contribution in [2.75, 3.05) is 5.32 Å². The van der Waals surface area contributed by atoms with Crippen molar-refractivity contribution >= 4 is 34.4 Å². The van der Waals surface area contributed by atoms with Crippen molar-refractivity contribution in [1.29, 1.82) is 0 Å². The molecule has 1 aromatic heterocycles. The van der Waals surface area contributed by atoms with Gasteiger partial charge >= 0.3 is 11.7 Å². The number of nitrogens with zero attached hydrogens (tertiary/aromatic N) is 2. The van der Waals surface area contributed by atoms with Crippen LogP contribution in [0.5, 0.6) is 0 Å². The Kier molecular flexibility index (Phi) is 6.61. The van der Waals surface area contributed by atoms with Gasteiger partial charge in [-0.3, -0.25) is 24.3 Å². The molecule has 0 saturated heterocycles. The van der Waals surface area contributed by atoms with Crippen molar-refractivity contribution in [2.24, 2.45) is 0 Å². The van der Waals surface area contributed by atoms with E-state index in [4.69, 9.17) is 9.15 Å². The third-order valence-electron chi connectivity index (χ3n) is 4.51. The van der Waals surface area contributed by atoms with Crippen LogP contribution in [0.25, 0.3) is 11.1 Å². The van der Waals surface area contributed by atoms with E-state index >= 15 is 0 Å². The Morgan fingerprint density at radius 3 is 2.59 bits per heavy atom. The number of nitro benzene ring substituents is 1. The lowest BCUT2D eigenvalue weighted by Crippen LogP contribution is -2.30. The second-order valence-corrected chi connectivity index (χ2v) is 6.75. The van der Waals surface area contributed by atoms with Crippen molar-refractivity contribution in [1.82, 2.24) is 4.57 Å². The van der Waals surface area contributed by atoms with Crippen LogP contribution in [-0.2, 0) is 20.9 Å². The molecule has 1 N–H and O–H groups in total. The zero-order valence-corrected chi connectivity index (χ0v) is 16.7. The van der Waals surface area contributed by atoms with Crippen molar-refractivity contribution in [3.05, 3.63) is 68.7 Å². The number of aryl methyl sites for hydroxylation is 1. The van der Waals surface area contributed by atoms with Crippen molar-refractivity contribution in [3.63, 3.8) is 0 Å². The molecule has 168 valence electrons. The molecule has 3 rings (SSSR count). The Balaban J connectivity index is 1.55. The van der Waals surface area contributed by atoms with Crippen LogP contribution in [0.3, 0.4) is 0 Å². The van der Waals surface area contributed by atoms with E-state index < -0.39 is 46.0 Å². The molecule has 0 radical (unpaired) electrons. The second kappa shape index (κ2) is 9.37. The number of esters is 1. The summed E-state index contributed by atoms with van der Waals surface area (Å²) in [6, 6.07) is 6.79. The van der Waals surface area contributed by atoms with E-state index in [0.29, 0.717) is 5.52 Å². The molecule has 0 aliphatic rings. The maximum absolute atomic E-state index is 13.6. The topological polar surface area (TPSA) is 134 Å². The minimum Gasteiger partial charge on any atom is -0.453 e. The number of oxazole rings is 1. The van der Waals surface area contributed by atoms with Gasteiger partial charge in [0.2, 0.25) is 0 Å². The van der Waals surface area contributed by atoms with Crippen LogP contribution in [0.15, 0.2) is 45.6 Å². The Morgan fingerprint density at radius 1 is 1.25 bits per heavy atom. The van der Waals surface area contributed by atoms with Crippen LogP contribution in [0.1, 0.15) is 19.8 Å². The molecule has 1 unspecified atom stereocenters. The van der Waals surface area contributed by atoms with E-state index in [1.807, 2.05) is 5.32 Å². The highest BCUT2D eigenvalue weighted by Crippen LogP contribution is 2.21. The van der Waals surface area contributed by atoms with Crippen molar-refractivity contribution in [3.8, 4) is 0 Å². The number of rotatable bonds is 8. The molecular formula is C20H17F2N3O7. The molecule has 12 heteroatoms. The number of hydrogen-bond acceptors (Lipinski definition) is 7. The lowest BCUT2D eigenvalue weighted by molar-refractivity contribution is -0.384. The van der Waals surface area contributed by atoms with Gasteiger partial charge in [0.15, 0.2) is 11.7 Å². The third-order valence-corrected chi connectivity index (χ3v) is 4.51. The molecule has 0 spiro atoms. The van der Waals surface area contributed by atoms with Gasteiger partial charge in [-0.15, -0.1) is 0 Å². The van der Waals surface area contributed by atoms with Crippen molar-refractivity contribution in [2.45, 2.75) is 32.4 Å². The predicted molar refractivity (Wildman–Crippen MR) is 107 cm³/mol. The maximum atomic E-state index is 13.6. The summed E-state index contributed by atoms with van der Waals surface area (Å²) >= 11 is 0. The first-order valence-electron chi connectivity index (χ1n) is 9.39. The highest BCUT2D eigenvalue weighted by Gasteiger charge is 2.21. The van der Waals surface area contributed by atoms with Gasteiger partial charge in [-0.05, 0) is 31.5 Å². The lowest BCUT2D eigenvalue weighted by Gasteiger charge is -2.14. The number of aromatic nitrogens is 1. The average molecular weight is 449 g/mol. The van der Waals surface area contributed by atoms with Gasteiger partial charge in [-0.1, -0.05) is 6.07 Å². The fourth-order valence-electron chi connectivity index (χ4n) is 2.91. The number of nitro groups is 1. The van der Waals surface area contributed by atoms with Gasteiger partial charge in [0.05, 0.1) is 16.5 Å². The number of benzene rings is 2. The van der Waals surface area contributed by atoms with E-state index in [1.165, 1.54) is 23.6 Å². The van der Waals surface area contributed by atoms with Crippen LogP contribution in [0.4, 0.5) is 20.2 Å². The molecule has 0 aliphatic heterocycles. The molecule has 1 amide bonds. The second-order valence-electron chi connectivity index (χ2n) is 6.75. The standard InChI is InChI=1S/C20H17F2N3O7/c1-11(19(27)23-18-13(21)4-2-5-14(18)22)31-17(26)6-3-9-24-15-8-7-12(25(29)30)10-16(15)32-20(24)28/h2,4-5,7-8,10-11H,3,6,9H2,1H3,(H,23,27). The largest absolute Gasteiger partial charge is 0.453 e. The molecule has 0 bridgehead atoms. The molecule has 0 fully saturated rings. The smallest absolute Gasteiger partial charge is 0.419 e. The first-order valence-corrected chi connectivity index (χ1v) is 9.39. The summed E-state index contributed by atoms with van der Waals surface area (Å²) in [7, 11) is 0. The first-order chi connectivity index (χ1) is 15.2. The van der Waals surface area contributed by atoms with Crippen LogP contribution in [-0.4, -0.2) is 27.5 Å². The Bertz CT molecular complexity index is 1230. The molecule has 2 aromatic carbocycles. The number of para-hydroxylation sites is 1. The van der Waals surface area contributed by atoms with Crippen LogP contribution < -0.4 is 11.1 Å². The number of carbonyl (C=O) groups is 2. The summed E-state index contributed by atoms with van der Waals surface area (Å²) in [5, 5.41) is 12.8. The molecule has 32 heavy (non-hydrogen) atoms. The quantitative estimate of drug-likeness (QED) is 0.317. The summed E-state index contributed by atoms with van der Waals surface area (Å²) in [4.78, 5) is 46.2. The van der Waals surface area contributed by atoms with Gasteiger partial charge in [-0.25, -0.2) is 13.6 Å². The Hall–Kier alpha value is -4.09. The Morgan fingerprint density at radius 2 is 1.94 bits per heavy atom. The van der Waals surface area contributed by atoms with Crippen LogP contribution >= 0.6 is 0 Å². The molecule has 1 atom stereocenters. The minimum absolute atomic E-state index is 0.0393. The minimum atomic E-state index is -1.32. The Labute approximate surface area is 178 Å². The van der Waals surface area contributed by atoms with Gasteiger partial charge in [0, 0.05) is 19.0 Å². The first kappa shape index (κ1) is 22.6. The fraction of sp³-hybridized carbons (Fsp3) is 0.250. The third kappa shape index (κ3) is 4.96. The number of ether oxygens (including phenoxy) is 1. The summed E-state index contributed by atoms with van der Waals surface area (Å²) in [6.07, 6.45) is -1.35. The molecule has 1 heterocycles. The molecule has 3 aromatic rings. The van der Waals surface area contributed by atoms with E-state index in [0.717, 1.165) is 24.3 Å². The molecular weight excluding hydrogens is 432 g/mol. The van der Waals surface area contributed by atoms with Crippen LogP contribution in [0, 0.1) is 21.7 Å². The van der Waals surface area contributed by atoms with Gasteiger partial charge in [0.1, 0.15) is 17.3 Å². The molecule has 0 saturated carbocycles. The maximum Gasteiger partial charge on any atom is 0.419 e. The number of non-ortho nitro benzene ring substituents is 1. The van der Waals surface area contributed by atoms with Gasteiger partial charge < -0.3 is 14.5 Å². The highest BCUT2D eigenvalue weighted by atomic mass is 19.1. The monoisotopic (exact) mass is 449 g/mol. The number of hydrogen-bond donors (Lipinski definition) is 1. The fourth-order valence-corrected chi connectivity index (χ4v) is 2.91. The zero-order chi connectivity index (χ0) is 23.4. The summed E-state index contributed by atoms with van der Waals surface area (Å²) < 4.78 is 38.4. The SMILES string of the molecule is CC(OC(=O)CCCn1c(=O)oc2cc([N+](=O)[O-])ccc21)C(=O)Nc1c(F)cccc1F. The van der Waals surface area contributed by atoms with E-state index in [-0.39, 0.29) is 30.7 Å². The van der Waals surface area contributed by atoms with Gasteiger partial charge in [-0.2, -0.15) is 0 Å². The number of nitrogens with one attached hydrogen (secondary N) is 1. The van der Waals surface area contributed by atoms with Crippen LogP contribution in [0.2, 0.25) is 0 Å². The van der Waals surface area contributed by atoms with E-state index in [9.17, 15) is 33.3 Å².